The van der Waals surface area contributed by atoms with Crippen LogP contribution in [0.25, 0.3) is 0 Å². The molecule has 4 fully saturated rings. The molecule has 4 aliphatic rings. The molecule has 0 aromatic carbocycles. The summed E-state index contributed by atoms with van der Waals surface area (Å²) in [4.78, 5) is 18.3. The van der Waals surface area contributed by atoms with Gasteiger partial charge in [0.15, 0.2) is 0 Å². The van der Waals surface area contributed by atoms with Crippen molar-refractivity contribution in [3.8, 4) is 0 Å². The van der Waals surface area contributed by atoms with Crippen LogP contribution in [-0.2, 0) is 28.7 Å². The quantitative estimate of drug-likeness (QED) is 0.136. The van der Waals surface area contributed by atoms with E-state index in [0.717, 1.165) is 58.9 Å². The van der Waals surface area contributed by atoms with E-state index in [4.69, 9.17) is 28.7 Å². The fourth-order valence-electron chi connectivity index (χ4n) is 4.67. The van der Waals surface area contributed by atoms with Gasteiger partial charge in [-0.15, -0.1) is 0 Å². The maximum Gasteiger partial charge on any atom is 0.103 e. The summed E-state index contributed by atoms with van der Waals surface area (Å²) in [5.41, 5.74) is 0. The van der Waals surface area contributed by atoms with E-state index in [1.807, 2.05) is 15.2 Å². The minimum Gasteiger partial charge on any atom is -0.373 e. The van der Waals surface area contributed by atoms with Crippen LogP contribution in [0.2, 0.25) is 0 Å². The van der Waals surface area contributed by atoms with Crippen LogP contribution in [0, 0.1) is 0 Å². The van der Waals surface area contributed by atoms with Crippen LogP contribution in [0.3, 0.4) is 0 Å². The Morgan fingerprint density at radius 1 is 0.417 bits per heavy atom. The molecule has 0 spiro atoms. The van der Waals surface area contributed by atoms with Crippen molar-refractivity contribution in [2.75, 3.05) is 59.6 Å². The Labute approximate surface area is 218 Å². The second kappa shape index (κ2) is 17.3. The predicted octanol–water partition coefficient (Wildman–Crippen LogP) is 4.62. The average Bonchev–Trinajstić information content (AvgIpc) is 3.73. The van der Waals surface area contributed by atoms with Gasteiger partial charge < -0.3 is 14.2 Å². The fourth-order valence-corrected chi connectivity index (χ4v) is 4.67. The molecule has 0 N–H and O–H groups in total. The summed E-state index contributed by atoms with van der Waals surface area (Å²) < 4.78 is 15.9. The number of hydrogen-bond donors (Lipinski definition) is 0. The Kier molecular flexibility index (Phi) is 13.7. The lowest BCUT2D eigenvalue weighted by Gasteiger charge is -2.39. The summed E-state index contributed by atoms with van der Waals surface area (Å²) in [7, 11) is 0. The summed E-state index contributed by atoms with van der Waals surface area (Å²) >= 11 is 0. The van der Waals surface area contributed by atoms with Crippen LogP contribution < -0.4 is 0 Å². The van der Waals surface area contributed by atoms with Crippen molar-refractivity contribution >= 4 is 0 Å². The van der Waals surface area contributed by atoms with E-state index in [9.17, 15) is 0 Å². The van der Waals surface area contributed by atoms with E-state index >= 15 is 0 Å². The average molecular weight is 514 g/mol. The third kappa shape index (κ3) is 14.0. The monoisotopic (exact) mass is 513 g/mol. The zero-order valence-electron chi connectivity index (χ0n) is 22.5. The van der Waals surface area contributed by atoms with Gasteiger partial charge in [-0.1, -0.05) is 57.8 Å². The maximum atomic E-state index is 6.10. The summed E-state index contributed by atoms with van der Waals surface area (Å²) in [6.45, 7) is 7.12. The van der Waals surface area contributed by atoms with Crippen molar-refractivity contribution in [2.24, 2.45) is 0 Å². The first-order valence-electron chi connectivity index (χ1n) is 14.8. The van der Waals surface area contributed by atoms with Gasteiger partial charge in [-0.25, -0.2) is 0 Å². The smallest absolute Gasteiger partial charge is 0.103 e. The van der Waals surface area contributed by atoms with Crippen LogP contribution in [0.15, 0.2) is 0 Å². The molecule has 210 valence electrons. The second-order valence-corrected chi connectivity index (χ2v) is 10.8. The number of epoxide rings is 3. The molecule has 0 aromatic rings. The molecule has 36 heavy (non-hydrogen) atoms. The third-order valence-electron chi connectivity index (χ3n) is 7.24. The Hall–Kier alpha value is -0.360. The number of rotatable bonds is 24. The van der Waals surface area contributed by atoms with Gasteiger partial charge in [0.1, 0.15) is 20.0 Å². The molecule has 4 heterocycles. The van der Waals surface area contributed by atoms with Crippen LogP contribution >= 0.6 is 0 Å². The number of unbranched alkanes of at least 4 members (excludes halogenated alkanes) is 9. The van der Waals surface area contributed by atoms with E-state index in [1.165, 1.54) is 77.0 Å². The van der Waals surface area contributed by atoms with E-state index in [-0.39, 0.29) is 0 Å². The van der Waals surface area contributed by atoms with Crippen LogP contribution in [0.5, 0.6) is 0 Å². The van der Waals surface area contributed by atoms with E-state index in [2.05, 4.69) is 0 Å². The van der Waals surface area contributed by atoms with Crippen molar-refractivity contribution in [1.29, 1.82) is 0 Å². The van der Waals surface area contributed by atoms with Crippen LogP contribution in [-0.4, -0.2) is 93.1 Å². The highest BCUT2D eigenvalue weighted by Gasteiger charge is 2.26. The van der Waals surface area contributed by atoms with E-state index in [1.54, 1.807) is 0 Å². The first-order valence-corrected chi connectivity index (χ1v) is 14.8. The minimum atomic E-state index is 0.557. The summed E-state index contributed by atoms with van der Waals surface area (Å²) in [6, 6.07) is 0. The largest absolute Gasteiger partial charge is 0.373 e. The van der Waals surface area contributed by atoms with Crippen molar-refractivity contribution in [3.63, 3.8) is 0 Å². The Morgan fingerprint density at radius 2 is 0.694 bits per heavy atom. The van der Waals surface area contributed by atoms with E-state index < -0.39 is 0 Å². The Morgan fingerprint density at radius 3 is 0.972 bits per heavy atom. The van der Waals surface area contributed by atoms with Gasteiger partial charge in [0, 0.05) is 0 Å². The standard InChI is InChI=1S/C27H51N3O6/c1(7-13-25-19-31-25)4-10-16-34-28-22-29(35-17-11-5-2-8-14-26-20-32-26)24-30(23-28)36-18-12-6-3-9-15-27-21-33-27/h25-27H,1-24H2. The lowest BCUT2D eigenvalue weighted by Crippen LogP contribution is -2.54. The topological polar surface area (TPSA) is 75.0 Å². The lowest BCUT2D eigenvalue weighted by molar-refractivity contribution is -0.365. The highest BCUT2D eigenvalue weighted by Crippen LogP contribution is 2.20. The molecule has 0 amide bonds. The summed E-state index contributed by atoms with van der Waals surface area (Å²) in [6.07, 6.45) is 19.8. The zero-order chi connectivity index (χ0) is 24.7. The van der Waals surface area contributed by atoms with Crippen molar-refractivity contribution in [3.05, 3.63) is 0 Å². The van der Waals surface area contributed by atoms with Gasteiger partial charge in [-0.3, -0.25) is 14.5 Å². The molecule has 3 atom stereocenters. The lowest BCUT2D eigenvalue weighted by atomic mass is 10.1. The van der Waals surface area contributed by atoms with Gasteiger partial charge in [-0.05, 0) is 38.5 Å². The van der Waals surface area contributed by atoms with Gasteiger partial charge >= 0.3 is 0 Å². The molecule has 0 aromatic heterocycles. The van der Waals surface area contributed by atoms with Gasteiger partial charge in [0.05, 0.1) is 58.0 Å². The molecule has 4 aliphatic heterocycles. The van der Waals surface area contributed by atoms with Crippen molar-refractivity contribution < 1.29 is 28.7 Å². The number of ether oxygens (including phenoxy) is 3. The third-order valence-corrected chi connectivity index (χ3v) is 7.24. The summed E-state index contributed by atoms with van der Waals surface area (Å²) in [5, 5.41) is 5.94. The molecule has 0 aliphatic carbocycles. The van der Waals surface area contributed by atoms with Gasteiger partial charge in [0.2, 0.25) is 0 Å². The van der Waals surface area contributed by atoms with Crippen LogP contribution in [0.1, 0.15) is 96.3 Å². The molecule has 4 rings (SSSR count). The number of hydroxylamine groups is 6. The molecule has 0 radical (unpaired) electrons. The Bertz CT molecular complexity index is 480. The SMILES string of the molecule is C(CCCC1CO1)CCON1CN(OCCCCCCC2CO2)CN(OCCCCCCC2CO2)C1. The first kappa shape index (κ1) is 28.6. The maximum absolute atomic E-state index is 6.10. The normalized spacial score (nSPS) is 26.5. The summed E-state index contributed by atoms with van der Waals surface area (Å²) in [5.74, 6) is 0. The van der Waals surface area contributed by atoms with Gasteiger partial charge in [0.25, 0.3) is 0 Å². The number of hydrogen-bond acceptors (Lipinski definition) is 9. The number of nitrogens with zero attached hydrogens (tertiary/aromatic N) is 3. The molecule has 9 nitrogen and oxygen atoms in total. The van der Waals surface area contributed by atoms with Gasteiger partial charge in [-0.2, -0.15) is 15.2 Å². The van der Waals surface area contributed by atoms with E-state index in [0.29, 0.717) is 38.3 Å². The molecular weight excluding hydrogens is 462 g/mol. The first-order chi connectivity index (χ1) is 17.8. The molecule has 0 saturated carbocycles. The molecule has 4 saturated heterocycles. The molecular formula is C27H51N3O6. The molecule has 3 unspecified atom stereocenters. The highest BCUT2D eigenvalue weighted by molar-refractivity contribution is 4.69. The second-order valence-electron chi connectivity index (χ2n) is 10.8. The zero-order valence-corrected chi connectivity index (χ0v) is 22.5. The highest BCUT2D eigenvalue weighted by atomic mass is 16.8. The van der Waals surface area contributed by atoms with Crippen molar-refractivity contribution in [2.45, 2.75) is 115 Å². The Balaban J connectivity index is 1.05. The minimum absolute atomic E-state index is 0.557. The molecule has 9 heteroatoms. The fraction of sp³-hybridized carbons (Fsp3) is 1.00. The molecule has 0 bridgehead atoms. The van der Waals surface area contributed by atoms with Crippen LogP contribution in [0.4, 0.5) is 0 Å². The van der Waals surface area contributed by atoms with Crippen molar-refractivity contribution in [1.82, 2.24) is 15.2 Å². The predicted molar refractivity (Wildman–Crippen MR) is 136 cm³/mol.